The molecule has 10 nitrogen and oxygen atoms in total. The normalized spacial score (nSPS) is 14.1. The number of aromatic nitrogens is 2. The van der Waals surface area contributed by atoms with Crippen molar-refractivity contribution in [3.05, 3.63) is 59.9 Å². The maximum absolute atomic E-state index is 16.2. The summed E-state index contributed by atoms with van der Waals surface area (Å²) in [5.74, 6) is -1.42. The second-order valence-corrected chi connectivity index (χ2v) is 13.1. The number of fused-ring (bicyclic) bond motifs is 1. The van der Waals surface area contributed by atoms with Crippen LogP contribution in [0.2, 0.25) is 5.02 Å². The number of anilines is 1. The van der Waals surface area contributed by atoms with Gasteiger partial charge in [0.05, 0.1) is 23.8 Å². The molecule has 1 saturated heterocycles. The van der Waals surface area contributed by atoms with Crippen LogP contribution in [-0.4, -0.2) is 67.0 Å². The van der Waals surface area contributed by atoms with Crippen LogP contribution in [0.1, 0.15) is 27.7 Å². The van der Waals surface area contributed by atoms with Crippen LogP contribution >= 0.6 is 19.4 Å². The summed E-state index contributed by atoms with van der Waals surface area (Å²) in [6, 6.07) is 5.40. The predicted molar refractivity (Wildman–Crippen MR) is 165 cm³/mol. The number of benzene rings is 2. The first-order valence-electron chi connectivity index (χ1n) is 14.2. The summed E-state index contributed by atoms with van der Waals surface area (Å²) in [5.41, 5.74) is -0.606. The number of carbonyl (C=O) groups is 1. The fraction of sp³-hybridized carbons (Fsp3) is 0.433. The standard InChI is InChI=1S/C30H36ClF2N4O6P/c1-6-25(38)36-10-12-37(13-11-36)30-21-14-22(31)26(28(33)29(21)34-17-35-30)27-23(32)8-7-9-24(27)40-18-43-44(39,41-15-19(2)3)42-16-20(4)5/h6-9,14,17,19-20H,1,10-13,15-16,18H2,2-5H3. The van der Waals surface area contributed by atoms with Gasteiger partial charge in [0.1, 0.15) is 29.2 Å². The third kappa shape index (κ3) is 7.92. The van der Waals surface area contributed by atoms with Crippen LogP contribution in [0.15, 0.2) is 43.2 Å². The van der Waals surface area contributed by atoms with Crippen molar-refractivity contribution in [1.82, 2.24) is 14.9 Å². The molecule has 0 radical (unpaired) electrons. The van der Waals surface area contributed by atoms with E-state index in [4.69, 9.17) is 29.9 Å². The van der Waals surface area contributed by atoms with Gasteiger partial charge in [0.2, 0.25) is 5.91 Å². The lowest BCUT2D eigenvalue weighted by Gasteiger charge is -2.35. The average molecular weight is 653 g/mol. The molecule has 44 heavy (non-hydrogen) atoms. The highest BCUT2D eigenvalue weighted by molar-refractivity contribution is 7.48. The number of phosphoric acid groups is 1. The van der Waals surface area contributed by atoms with Gasteiger partial charge in [0.25, 0.3) is 0 Å². The number of hydrogen-bond acceptors (Lipinski definition) is 9. The Morgan fingerprint density at radius 1 is 1.05 bits per heavy atom. The summed E-state index contributed by atoms with van der Waals surface area (Å²) in [7, 11) is -4.01. The van der Waals surface area contributed by atoms with Crippen molar-refractivity contribution in [2.45, 2.75) is 27.7 Å². The average Bonchev–Trinajstić information content (AvgIpc) is 3.00. The molecule has 0 bridgehead atoms. The summed E-state index contributed by atoms with van der Waals surface area (Å²) in [6.45, 7) is 12.4. The minimum atomic E-state index is -4.01. The van der Waals surface area contributed by atoms with Crippen LogP contribution in [0.3, 0.4) is 0 Å². The minimum Gasteiger partial charge on any atom is -0.466 e. The molecule has 1 aliphatic heterocycles. The molecule has 0 spiro atoms. The molecule has 3 aromatic rings. The summed E-state index contributed by atoms with van der Waals surface area (Å²) < 4.78 is 66.6. The first-order chi connectivity index (χ1) is 20.9. The van der Waals surface area contributed by atoms with Crippen molar-refractivity contribution in [2.75, 3.05) is 51.1 Å². The lowest BCUT2D eigenvalue weighted by molar-refractivity contribution is -0.126. The van der Waals surface area contributed by atoms with Crippen molar-refractivity contribution >= 4 is 42.1 Å². The molecule has 2 heterocycles. The fourth-order valence-electron chi connectivity index (χ4n) is 4.48. The molecule has 0 saturated carbocycles. The van der Waals surface area contributed by atoms with Crippen LogP contribution in [0.25, 0.3) is 22.0 Å². The summed E-state index contributed by atoms with van der Waals surface area (Å²) in [6.07, 6.45) is 2.48. The van der Waals surface area contributed by atoms with E-state index in [1.165, 1.54) is 30.6 Å². The van der Waals surface area contributed by atoms with Crippen molar-refractivity contribution in [3.63, 3.8) is 0 Å². The van der Waals surface area contributed by atoms with Gasteiger partial charge in [0, 0.05) is 37.1 Å². The highest BCUT2D eigenvalue weighted by Crippen LogP contribution is 2.50. The molecule has 0 atom stereocenters. The van der Waals surface area contributed by atoms with Gasteiger partial charge in [-0.15, -0.1) is 0 Å². The van der Waals surface area contributed by atoms with Crippen molar-refractivity contribution < 1.29 is 36.4 Å². The highest BCUT2D eigenvalue weighted by atomic mass is 35.5. The molecule has 0 unspecified atom stereocenters. The van der Waals surface area contributed by atoms with Gasteiger partial charge in [-0.2, -0.15) is 0 Å². The largest absolute Gasteiger partial charge is 0.477 e. The maximum Gasteiger partial charge on any atom is 0.477 e. The van der Waals surface area contributed by atoms with Crippen molar-refractivity contribution in [3.8, 4) is 16.9 Å². The Balaban J connectivity index is 1.62. The lowest BCUT2D eigenvalue weighted by Crippen LogP contribution is -2.48. The zero-order valence-electron chi connectivity index (χ0n) is 25.1. The van der Waals surface area contributed by atoms with Crippen molar-refractivity contribution in [1.29, 1.82) is 0 Å². The van der Waals surface area contributed by atoms with Gasteiger partial charge in [-0.3, -0.25) is 13.8 Å². The topological polar surface area (TPSA) is 103 Å². The van der Waals surface area contributed by atoms with E-state index in [0.29, 0.717) is 37.4 Å². The molecule has 4 rings (SSSR count). The number of halogens is 3. The number of rotatable bonds is 13. The Bertz CT molecular complexity index is 1540. The zero-order chi connectivity index (χ0) is 32.0. The number of piperazine rings is 1. The Hall–Kier alpha value is -3.15. The fourth-order valence-corrected chi connectivity index (χ4v) is 6.13. The molecule has 1 amide bonds. The number of phosphoric ester groups is 1. The van der Waals surface area contributed by atoms with Gasteiger partial charge in [-0.05, 0) is 36.1 Å². The van der Waals surface area contributed by atoms with E-state index in [1.807, 2.05) is 32.6 Å². The lowest BCUT2D eigenvalue weighted by atomic mass is 10.0. The first kappa shape index (κ1) is 33.7. The quantitative estimate of drug-likeness (QED) is 0.111. The molecule has 0 N–H and O–H groups in total. The monoisotopic (exact) mass is 652 g/mol. The van der Waals surface area contributed by atoms with E-state index in [2.05, 4.69) is 16.5 Å². The van der Waals surface area contributed by atoms with Crippen LogP contribution < -0.4 is 9.64 Å². The van der Waals surface area contributed by atoms with Crippen LogP contribution in [0.4, 0.5) is 14.6 Å². The molecule has 1 aromatic heterocycles. The highest BCUT2D eigenvalue weighted by Gasteiger charge is 2.30. The van der Waals surface area contributed by atoms with E-state index < -0.39 is 26.3 Å². The van der Waals surface area contributed by atoms with E-state index >= 15 is 8.78 Å². The molecule has 238 valence electrons. The zero-order valence-corrected chi connectivity index (χ0v) is 26.7. The number of hydrogen-bond donors (Lipinski definition) is 0. The first-order valence-corrected chi connectivity index (χ1v) is 16.0. The van der Waals surface area contributed by atoms with E-state index in [0.717, 1.165) is 6.07 Å². The molecule has 1 aliphatic rings. The Labute approximate surface area is 260 Å². The van der Waals surface area contributed by atoms with Crippen molar-refractivity contribution in [2.24, 2.45) is 11.8 Å². The van der Waals surface area contributed by atoms with Crippen LogP contribution in [0.5, 0.6) is 5.75 Å². The maximum atomic E-state index is 16.2. The Morgan fingerprint density at radius 2 is 1.70 bits per heavy atom. The molecular weight excluding hydrogens is 617 g/mol. The van der Waals surface area contributed by atoms with E-state index in [9.17, 15) is 9.36 Å². The minimum absolute atomic E-state index is 0.0544. The van der Waals surface area contributed by atoms with Gasteiger partial charge in [-0.1, -0.05) is 51.9 Å². The van der Waals surface area contributed by atoms with E-state index in [-0.39, 0.29) is 58.4 Å². The number of nitrogens with zero attached hydrogens (tertiary/aromatic N) is 4. The van der Waals surface area contributed by atoms with E-state index in [1.54, 1.807) is 4.90 Å². The molecular formula is C30H36ClF2N4O6P. The number of ether oxygens (including phenoxy) is 1. The Kier molecular flexibility index (Phi) is 11.3. The SMILES string of the molecule is C=CC(=O)N1CCN(c2ncnc3c(F)c(-c4c(F)cccc4OCOP(=O)(OCC(C)C)OCC(C)C)c(Cl)cc23)CC1. The van der Waals surface area contributed by atoms with Gasteiger partial charge >= 0.3 is 7.82 Å². The number of amides is 1. The molecule has 0 aliphatic carbocycles. The smallest absolute Gasteiger partial charge is 0.466 e. The third-order valence-corrected chi connectivity index (χ3v) is 8.30. The Morgan fingerprint density at radius 3 is 2.32 bits per heavy atom. The molecule has 2 aromatic carbocycles. The third-order valence-electron chi connectivity index (χ3n) is 6.65. The summed E-state index contributed by atoms with van der Waals surface area (Å²) in [5, 5.41) is 0.225. The summed E-state index contributed by atoms with van der Waals surface area (Å²) in [4.78, 5) is 24.0. The summed E-state index contributed by atoms with van der Waals surface area (Å²) >= 11 is 6.61. The van der Waals surface area contributed by atoms with Crippen LogP contribution in [-0.2, 0) is 22.9 Å². The van der Waals surface area contributed by atoms with Gasteiger partial charge in [0.15, 0.2) is 12.6 Å². The van der Waals surface area contributed by atoms with Gasteiger partial charge in [-0.25, -0.2) is 27.8 Å². The second-order valence-electron chi connectivity index (χ2n) is 11.0. The predicted octanol–water partition coefficient (Wildman–Crippen LogP) is 6.87. The molecule has 14 heteroatoms. The number of carbonyl (C=O) groups excluding carboxylic acids is 1. The van der Waals surface area contributed by atoms with Gasteiger partial charge < -0.3 is 14.5 Å². The second kappa shape index (κ2) is 14.8. The molecule has 1 fully saturated rings. The van der Waals surface area contributed by atoms with Crippen LogP contribution in [0, 0.1) is 23.5 Å².